The van der Waals surface area contributed by atoms with Crippen LogP contribution < -0.4 is 0 Å². The Morgan fingerprint density at radius 3 is 2.73 bits per heavy atom. The Balaban J connectivity index is 1.60. The number of rotatable bonds is 4. The second kappa shape index (κ2) is 7.69. The summed E-state index contributed by atoms with van der Waals surface area (Å²) >= 11 is 0. The molecule has 164 valence electrons. The molecule has 0 aromatic heterocycles. The van der Waals surface area contributed by atoms with Crippen molar-refractivity contribution < 1.29 is 19.4 Å². The van der Waals surface area contributed by atoms with E-state index in [2.05, 4.69) is 20.8 Å². The fourth-order valence-corrected chi connectivity index (χ4v) is 7.53. The molecule has 0 radical (unpaired) electrons. The maximum Gasteiger partial charge on any atom is 0.330 e. The minimum atomic E-state index is -0.264. The molecule has 4 aliphatic rings. The predicted octanol–water partition coefficient (Wildman–Crippen LogP) is 5.55. The summed E-state index contributed by atoms with van der Waals surface area (Å²) in [6.07, 6.45) is 13.3. The third kappa shape index (κ3) is 3.27. The number of allylic oxidation sites excluding steroid dienone is 5. The van der Waals surface area contributed by atoms with Crippen molar-refractivity contribution in [3.8, 4) is 0 Å². The number of aliphatic hydroxyl groups excluding tert-OH is 1. The van der Waals surface area contributed by atoms with Crippen molar-refractivity contribution in [3.63, 3.8) is 0 Å². The molecule has 4 heteroatoms. The monoisotopic (exact) mass is 412 g/mol. The van der Waals surface area contributed by atoms with E-state index in [9.17, 15) is 14.7 Å². The highest BCUT2D eigenvalue weighted by Gasteiger charge is 2.60. The van der Waals surface area contributed by atoms with Gasteiger partial charge in [-0.1, -0.05) is 26.8 Å². The van der Waals surface area contributed by atoms with Crippen LogP contribution in [0.1, 0.15) is 66.2 Å². The first-order valence-corrected chi connectivity index (χ1v) is 11.7. The molecule has 1 N–H and O–H groups in total. The van der Waals surface area contributed by atoms with Crippen LogP contribution in [0.4, 0.5) is 0 Å². The van der Waals surface area contributed by atoms with Crippen molar-refractivity contribution in [3.05, 3.63) is 35.6 Å². The average Bonchev–Trinajstić information content (AvgIpc) is 3.05. The van der Waals surface area contributed by atoms with Gasteiger partial charge in [-0.15, -0.1) is 0 Å². The Bertz CT molecular complexity index is 821. The lowest BCUT2D eigenvalue weighted by Crippen LogP contribution is -2.50. The Kier molecular flexibility index (Phi) is 5.48. The van der Waals surface area contributed by atoms with E-state index in [0.29, 0.717) is 42.5 Å². The summed E-state index contributed by atoms with van der Waals surface area (Å²) in [5.41, 5.74) is 1.20. The number of aliphatic hydroxyl groups is 1. The number of ketones is 1. The third-order valence-corrected chi connectivity index (χ3v) is 9.13. The molecule has 0 aromatic carbocycles. The lowest BCUT2D eigenvalue weighted by molar-refractivity contribution is -0.137. The van der Waals surface area contributed by atoms with Gasteiger partial charge in [-0.05, 0) is 91.3 Å². The van der Waals surface area contributed by atoms with Crippen LogP contribution in [0.15, 0.2) is 35.6 Å². The third-order valence-electron chi connectivity index (χ3n) is 9.13. The summed E-state index contributed by atoms with van der Waals surface area (Å²) < 4.78 is 5.04. The van der Waals surface area contributed by atoms with E-state index in [1.165, 1.54) is 0 Å². The van der Waals surface area contributed by atoms with Crippen LogP contribution in [-0.2, 0) is 14.3 Å². The molecule has 4 aliphatic carbocycles. The Morgan fingerprint density at radius 2 is 2.00 bits per heavy atom. The predicted molar refractivity (Wildman–Crippen MR) is 117 cm³/mol. The number of carbonyl (C=O) groups is 2. The zero-order valence-electron chi connectivity index (χ0n) is 18.8. The Morgan fingerprint density at radius 1 is 1.23 bits per heavy atom. The van der Waals surface area contributed by atoms with E-state index in [1.807, 2.05) is 19.1 Å². The molecule has 4 unspecified atom stereocenters. The first-order chi connectivity index (χ1) is 14.2. The van der Waals surface area contributed by atoms with Crippen LogP contribution in [0.25, 0.3) is 0 Å². The SMILES string of the molecule is CCOC(=O)/C=C/[C@@H](C)C1CCC2C3C(O)=CC4=CC(=O)CC[C@]4(C)C3CC[C@@]21C. The quantitative estimate of drug-likeness (QED) is 0.485. The number of hydrogen-bond acceptors (Lipinski definition) is 4. The first-order valence-electron chi connectivity index (χ1n) is 11.7. The Labute approximate surface area is 180 Å². The molecule has 0 aliphatic heterocycles. The van der Waals surface area contributed by atoms with Crippen molar-refractivity contribution in [2.75, 3.05) is 6.61 Å². The highest BCUT2D eigenvalue weighted by atomic mass is 16.5. The van der Waals surface area contributed by atoms with Gasteiger partial charge in [0, 0.05) is 18.4 Å². The van der Waals surface area contributed by atoms with Gasteiger partial charge in [0.1, 0.15) is 0 Å². The van der Waals surface area contributed by atoms with Gasteiger partial charge in [-0.3, -0.25) is 4.79 Å². The second-order valence-corrected chi connectivity index (χ2v) is 10.5. The van der Waals surface area contributed by atoms with Gasteiger partial charge in [0.05, 0.1) is 12.4 Å². The fraction of sp³-hybridized carbons (Fsp3) is 0.692. The summed E-state index contributed by atoms with van der Waals surface area (Å²) in [4.78, 5) is 23.8. The zero-order chi connectivity index (χ0) is 21.7. The van der Waals surface area contributed by atoms with E-state index in [1.54, 1.807) is 12.2 Å². The van der Waals surface area contributed by atoms with Crippen molar-refractivity contribution in [1.29, 1.82) is 0 Å². The topological polar surface area (TPSA) is 63.6 Å². The van der Waals surface area contributed by atoms with E-state index in [-0.39, 0.29) is 28.5 Å². The molecule has 0 saturated heterocycles. The second-order valence-electron chi connectivity index (χ2n) is 10.5. The maximum absolute atomic E-state index is 12.0. The van der Waals surface area contributed by atoms with E-state index >= 15 is 0 Å². The molecule has 2 fully saturated rings. The number of ether oxygens (including phenoxy) is 1. The van der Waals surface area contributed by atoms with Crippen molar-refractivity contribution in [2.24, 2.45) is 40.4 Å². The molecule has 30 heavy (non-hydrogen) atoms. The first kappa shape index (κ1) is 21.4. The summed E-state index contributed by atoms with van der Waals surface area (Å²) in [5, 5.41) is 11.1. The molecule has 4 nitrogen and oxygen atoms in total. The Hall–Kier alpha value is -1.84. The minimum absolute atomic E-state index is 0.000345. The summed E-state index contributed by atoms with van der Waals surface area (Å²) in [7, 11) is 0. The van der Waals surface area contributed by atoms with Crippen LogP contribution in [0, 0.1) is 40.4 Å². The molecule has 0 spiro atoms. The standard InChI is InChI=1S/C26H36O4/c1-5-30-23(29)9-6-16(2)19-7-8-20-24-21(11-13-26(19,20)4)25(3)12-10-18(27)14-17(25)15-22(24)28/h6,9,14-16,19-21,24,28H,5,7-8,10-13H2,1-4H3/b9-6+/t16-,19?,20?,21?,24?,25+,26-/m1/s1. The molecular weight excluding hydrogens is 376 g/mol. The van der Waals surface area contributed by atoms with Crippen LogP contribution in [-0.4, -0.2) is 23.5 Å². The zero-order valence-corrected chi connectivity index (χ0v) is 18.8. The number of esters is 1. The number of hydrogen-bond donors (Lipinski definition) is 1. The van der Waals surface area contributed by atoms with E-state index in [4.69, 9.17) is 4.74 Å². The van der Waals surface area contributed by atoms with E-state index in [0.717, 1.165) is 37.7 Å². The van der Waals surface area contributed by atoms with Crippen LogP contribution in [0.3, 0.4) is 0 Å². The van der Waals surface area contributed by atoms with Crippen LogP contribution in [0.2, 0.25) is 0 Å². The lowest BCUT2D eigenvalue weighted by Gasteiger charge is -2.57. The van der Waals surface area contributed by atoms with Crippen LogP contribution >= 0.6 is 0 Å². The molecule has 7 atom stereocenters. The summed E-state index contributed by atoms with van der Waals surface area (Å²) in [5.74, 6) is 2.26. The largest absolute Gasteiger partial charge is 0.512 e. The molecular formula is C26H36O4. The highest BCUT2D eigenvalue weighted by molar-refractivity contribution is 5.92. The lowest BCUT2D eigenvalue weighted by atomic mass is 9.47. The van der Waals surface area contributed by atoms with Gasteiger partial charge in [0.25, 0.3) is 0 Å². The highest BCUT2D eigenvalue weighted by Crippen LogP contribution is 2.67. The number of carbonyl (C=O) groups excluding carboxylic acids is 2. The van der Waals surface area contributed by atoms with Crippen LogP contribution in [0.5, 0.6) is 0 Å². The van der Waals surface area contributed by atoms with Gasteiger partial charge in [-0.2, -0.15) is 0 Å². The molecule has 0 heterocycles. The molecule has 0 bridgehead atoms. The summed E-state index contributed by atoms with van der Waals surface area (Å²) in [6, 6.07) is 0. The number of fused-ring (bicyclic) bond motifs is 5. The van der Waals surface area contributed by atoms with Gasteiger partial charge in [-0.25, -0.2) is 4.79 Å². The molecule has 0 aromatic rings. The maximum atomic E-state index is 12.0. The normalized spacial score (nSPS) is 41.4. The fourth-order valence-electron chi connectivity index (χ4n) is 7.53. The van der Waals surface area contributed by atoms with E-state index < -0.39 is 0 Å². The molecule has 0 amide bonds. The van der Waals surface area contributed by atoms with Crippen molar-refractivity contribution in [1.82, 2.24) is 0 Å². The van der Waals surface area contributed by atoms with Crippen molar-refractivity contribution in [2.45, 2.75) is 66.2 Å². The average molecular weight is 413 g/mol. The summed E-state index contributed by atoms with van der Waals surface area (Å²) in [6.45, 7) is 9.16. The van der Waals surface area contributed by atoms with Gasteiger partial charge < -0.3 is 9.84 Å². The smallest absolute Gasteiger partial charge is 0.330 e. The van der Waals surface area contributed by atoms with Gasteiger partial charge >= 0.3 is 5.97 Å². The minimum Gasteiger partial charge on any atom is -0.512 e. The molecule has 2 saturated carbocycles. The van der Waals surface area contributed by atoms with Crippen molar-refractivity contribution >= 4 is 11.8 Å². The van der Waals surface area contributed by atoms with Gasteiger partial charge in [0.15, 0.2) is 5.78 Å². The molecule has 4 rings (SSSR count). The van der Waals surface area contributed by atoms with Gasteiger partial charge in [0.2, 0.25) is 0 Å².